The third kappa shape index (κ3) is 6.26. The topological polar surface area (TPSA) is 84.5 Å². The fourth-order valence-electron chi connectivity index (χ4n) is 2.39. The van der Waals surface area contributed by atoms with Gasteiger partial charge in [-0.2, -0.15) is 0 Å². The second-order valence-electron chi connectivity index (χ2n) is 6.37. The van der Waals surface area contributed by atoms with Crippen LogP contribution >= 0.6 is 0 Å². The first-order chi connectivity index (χ1) is 12.9. The molecule has 0 aliphatic heterocycles. The highest BCUT2D eigenvalue weighted by Gasteiger charge is 2.11. The van der Waals surface area contributed by atoms with Crippen molar-refractivity contribution in [1.29, 1.82) is 0 Å². The second-order valence-corrected chi connectivity index (χ2v) is 6.37. The quantitative estimate of drug-likeness (QED) is 0.581. The zero-order valence-electron chi connectivity index (χ0n) is 15.8. The number of Topliss-reactive ketones (excluding diaryl/α,β-unsaturated/α-hetero) is 1. The van der Waals surface area contributed by atoms with Crippen LogP contribution in [-0.4, -0.2) is 24.2 Å². The van der Waals surface area contributed by atoms with E-state index in [1.807, 2.05) is 51.1 Å². The predicted octanol–water partition coefficient (Wildman–Crippen LogP) is 2.80. The third-order valence-electron chi connectivity index (χ3n) is 4.20. The molecule has 0 aromatic heterocycles. The molecule has 0 fully saturated rings. The Bertz CT molecular complexity index is 846. The standard InChI is InChI=1S/C21H24N2O4/c1-14-8-9-17(12-16(14)3)18(24)10-11-20(25)22-23-21(26)13-27-19-7-5-4-6-15(19)2/h4-9,12H,10-11,13H2,1-3H3,(H,22,25)(H,23,26). The molecule has 0 aliphatic rings. The summed E-state index contributed by atoms with van der Waals surface area (Å²) in [6, 6.07) is 12.8. The zero-order valence-corrected chi connectivity index (χ0v) is 15.8. The molecule has 0 spiro atoms. The van der Waals surface area contributed by atoms with E-state index in [2.05, 4.69) is 10.9 Å². The van der Waals surface area contributed by atoms with Gasteiger partial charge in [0.2, 0.25) is 5.91 Å². The smallest absolute Gasteiger partial charge is 0.276 e. The zero-order chi connectivity index (χ0) is 19.8. The maximum atomic E-state index is 12.2. The number of ether oxygens (including phenoxy) is 1. The molecule has 6 heteroatoms. The Kier molecular flexibility index (Phi) is 7.11. The molecule has 0 atom stereocenters. The second kappa shape index (κ2) is 9.52. The fourth-order valence-corrected chi connectivity index (χ4v) is 2.39. The van der Waals surface area contributed by atoms with Gasteiger partial charge < -0.3 is 4.74 Å². The van der Waals surface area contributed by atoms with Gasteiger partial charge in [-0.15, -0.1) is 0 Å². The van der Waals surface area contributed by atoms with Crippen molar-refractivity contribution in [2.75, 3.05) is 6.61 Å². The molecule has 0 aliphatic carbocycles. The lowest BCUT2D eigenvalue weighted by Gasteiger charge is -2.10. The Balaban J connectivity index is 1.71. The summed E-state index contributed by atoms with van der Waals surface area (Å²) in [4.78, 5) is 35.7. The number of nitrogens with one attached hydrogen (secondary N) is 2. The average molecular weight is 368 g/mol. The lowest BCUT2D eigenvalue weighted by atomic mass is 10.0. The van der Waals surface area contributed by atoms with Gasteiger partial charge in [0.1, 0.15) is 5.75 Å². The molecule has 0 saturated heterocycles. The van der Waals surface area contributed by atoms with Crippen molar-refractivity contribution in [3.63, 3.8) is 0 Å². The van der Waals surface area contributed by atoms with Crippen LogP contribution in [0.1, 0.15) is 39.9 Å². The third-order valence-corrected chi connectivity index (χ3v) is 4.20. The Labute approximate surface area is 158 Å². The molecular weight excluding hydrogens is 344 g/mol. The van der Waals surface area contributed by atoms with E-state index in [9.17, 15) is 14.4 Å². The fraction of sp³-hybridized carbons (Fsp3) is 0.286. The summed E-state index contributed by atoms with van der Waals surface area (Å²) in [5.41, 5.74) is 8.21. The summed E-state index contributed by atoms with van der Waals surface area (Å²) >= 11 is 0. The van der Waals surface area contributed by atoms with Crippen LogP contribution in [0.25, 0.3) is 0 Å². The first-order valence-corrected chi connectivity index (χ1v) is 8.73. The Hall–Kier alpha value is -3.15. The van der Waals surface area contributed by atoms with E-state index < -0.39 is 11.8 Å². The van der Waals surface area contributed by atoms with E-state index in [0.29, 0.717) is 11.3 Å². The van der Waals surface area contributed by atoms with Gasteiger partial charge in [-0.05, 0) is 49.6 Å². The summed E-state index contributed by atoms with van der Waals surface area (Å²) in [6.07, 6.45) is 0.0641. The van der Waals surface area contributed by atoms with E-state index in [1.54, 1.807) is 12.1 Å². The largest absolute Gasteiger partial charge is 0.483 e. The molecule has 0 saturated carbocycles. The van der Waals surface area contributed by atoms with E-state index in [4.69, 9.17) is 4.74 Å². The number of carbonyl (C=O) groups is 3. The van der Waals surface area contributed by atoms with Gasteiger partial charge in [-0.25, -0.2) is 0 Å². The van der Waals surface area contributed by atoms with Gasteiger partial charge in [0.25, 0.3) is 5.91 Å². The SMILES string of the molecule is Cc1ccc(C(=O)CCC(=O)NNC(=O)COc2ccccc2C)cc1C. The van der Waals surface area contributed by atoms with Crippen molar-refractivity contribution >= 4 is 17.6 Å². The van der Waals surface area contributed by atoms with Gasteiger partial charge in [0.15, 0.2) is 12.4 Å². The highest BCUT2D eigenvalue weighted by molar-refractivity contribution is 5.98. The number of aryl methyl sites for hydroxylation is 3. The molecule has 2 amide bonds. The van der Waals surface area contributed by atoms with E-state index in [-0.39, 0.29) is 25.2 Å². The monoisotopic (exact) mass is 368 g/mol. The van der Waals surface area contributed by atoms with Crippen LogP contribution in [-0.2, 0) is 9.59 Å². The lowest BCUT2D eigenvalue weighted by molar-refractivity contribution is -0.130. The summed E-state index contributed by atoms with van der Waals surface area (Å²) < 4.78 is 5.39. The van der Waals surface area contributed by atoms with Crippen molar-refractivity contribution in [2.24, 2.45) is 0 Å². The minimum atomic E-state index is -0.480. The molecule has 0 unspecified atom stereocenters. The average Bonchev–Trinajstić information content (AvgIpc) is 2.65. The van der Waals surface area contributed by atoms with Crippen molar-refractivity contribution in [2.45, 2.75) is 33.6 Å². The Morgan fingerprint density at radius 2 is 1.52 bits per heavy atom. The molecule has 6 nitrogen and oxygen atoms in total. The molecule has 142 valence electrons. The minimum absolute atomic E-state index is 0.00924. The number of carbonyl (C=O) groups excluding carboxylic acids is 3. The number of hydrogen-bond acceptors (Lipinski definition) is 4. The van der Waals surface area contributed by atoms with Crippen LogP contribution in [0.3, 0.4) is 0 Å². The van der Waals surface area contributed by atoms with E-state index in [1.165, 1.54) is 0 Å². The number of ketones is 1. The summed E-state index contributed by atoms with van der Waals surface area (Å²) in [5.74, 6) is -0.413. The van der Waals surface area contributed by atoms with Crippen molar-refractivity contribution < 1.29 is 19.1 Å². The molecule has 2 aromatic carbocycles. The lowest BCUT2D eigenvalue weighted by Crippen LogP contribution is -2.43. The van der Waals surface area contributed by atoms with Gasteiger partial charge in [-0.1, -0.05) is 30.3 Å². The first kappa shape index (κ1) is 20.2. The predicted molar refractivity (Wildman–Crippen MR) is 102 cm³/mol. The van der Waals surface area contributed by atoms with Crippen LogP contribution in [0, 0.1) is 20.8 Å². The number of para-hydroxylation sites is 1. The number of hydrazine groups is 1. The van der Waals surface area contributed by atoms with Crippen molar-refractivity contribution in [3.05, 3.63) is 64.7 Å². The number of hydrogen-bond donors (Lipinski definition) is 2. The molecule has 2 rings (SSSR count). The van der Waals surface area contributed by atoms with Crippen LogP contribution in [0.15, 0.2) is 42.5 Å². The maximum absolute atomic E-state index is 12.2. The minimum Gasteiger partial charge on any atom is -0.483 e. The van der Waals surface area contributed by atoms with Crippen LogP contribution in [0.4, 0.5) is 0 Å². The van der Waals surface area contributed by atoms with Crippen LogP contribution in [0.2, 0.25) is 0 Å². The van der Waals surface area contributed by atoms with Gasteiger partial charge >= 0.3 is 0 Å². The number of rotatable bonds is 7. The van der Waals surface area contributed by atoms with Gasteiger partial charge in [0, 0.05) is 18.4 Å². The Morgan fingerprint density at radius 1 is 0.815 bits per heavy atom. The number of benzene rings is 2. The summed E-state index contributed by atoms with van der Waals surface area (Å²) in [5, 5.41) is 0. The Morgan fingerprint density at radius 3 is 2.22 bits per heavy atom. The molecule has 2 N–H and O–H groups in total. The van der Waals surface area contributed by atoms with Crippen LogP contribution in [0.5, 0.6) is 5.75 Å². The van der Waals surface area contributed by atoms with Crippen molar-refractivity contribution in [1.82, 2.24) is 10.9 Å². The first-order valence-electron chi connectivity index (χ1n) is 8.73. The molecule has 27 heavy (non-hydrogen) atoms. The highest BCUT2D eigenvalue weighted by Crippen LogP contribution is 2.15. The van der Waals surface area contributed by atoms with Crippen molar-refractivity contribution in [3.8, 4) is 5.75 Å². The molecule has 0 radical (unpaired) electrons. The number of amides is 2. The molecule has 0 bridgehead atoms. The maximum Gasteiger partial charge on any atom is 0.276 e. The van der Waals surface area contributed by atoms with Crippen LogP contribution < -0.4 is 15.6 Å². The normalized spacial score (nSPS) is 10.2. The van der Waals surface area contributed by atoms with Gasteiger partial charge in [-0.3, -0.25) is 25.2 Å². The molecule has 2 aromatic rings. The summed E-state index contributed by atoms with van der Waals surface area (Å²) in [6.45, 7) is 5.57. The highest BCUT2D eigenvalue weighted by atomic mass is 16.5. The molecule has 0 heterocycles. The summed E-state index contributed by atoms with van der Waals surface area (Å²) in [7, 11) is 0. The van der Waals surface area contributed by atoms with Gasteiger partial charge in [0.05, 0.1) is 0 Å². The van der Waals surface area contributed by atoms with E-state index in [0.717, 1.165) is 16.7 Å². The van der Waals surface area contributed by atoms with E-state index >= 15 is 0 Å². The molecular formula is C21H24N2O4.